The van der Waals surface area contributed by atoms with Crippen LogP contribution >= 0.6 is 0 Å². The van der Waals surface area contributed by atoms with Gasteiger partial charge in [-0.05, 0) is 18.8 Å². The predicted octanol–water partition coefficient (Wildman–Crippen LogP) is 1.09. The number of hydrogen-bond donors (Lipinski definition) is 1. The van der Waals surface area contributed by atoms with E-state index in [9.17, 15) is 4.79 Å². The fourth-order valence-corrected chi connectivity index (χ4v) is 2.34. The monoisotopic (exact) mass is 278 g/mol. The molecule has 1 amide bonds. The number of nitrogens with zero attached hydrogens (tertiary/aromatic N) is 3. The Morgan fingerprint density at radius 1 is 1.50 bits per heavy atom. The molecule has 110 valence electrons. The largest absolute Gasteiger partial charge is 0.383 e. The van der Waals surface area contributed by atoms with Crippen LogP contribution in [0.15, 0.2) is 12.4 Å². The van der Waals surface area contributed by atoms with E-state index in [1.807, 2.05) is 0 Å². The zero-order valence-corrected chi connectivity index (χ0v) is 12.1. The predicted molar refractivity (Wildman–Crippen MR) is 76.9 cm³/mol. The van der Waals surface area contributed by atoms with Crippen molar-refractivity contribution in [3.63, 3.8) is 0 Å². The highest BCUT2D eigenvalue weighted by atomic mass is 16.5. The van der Waals surface area contributed by atoms with Gasteiger partial charge >= 0.3 is 0 Å². The lowest BCUT2D eigenvalue weighted by Gasteiger charge is -2.30. The summed E-state index contributed by atoms with van der Waals surface area (Å²) < 4.78 is 4.88. The Balaban J connectivity index is 1.93. The summed E-state index contributed by atoms with van der Waals surface area (Å²) in [6, 6.07) is 0. The molecule has 0 bridgehead atoms. The van der Waals surface area contributed by atoms with E-state index in [0.717, 1.165) is 13.1 Å². The van der Waals surface area contributed by atoms with Gasteiger partial charge in [0.25, 0.3) is 5.91 Å². The van der Waals surface area contributed by atoms with Crippen LogP contribution in [0, 0.1) is 5.92 Å². The Hall–Kier alpha value is -1.69. The summed E-state index contributed by atoms with van der Waals surface area (Å²) in [6.45, 7) is 5.20. The molecular weight excluding hydrogens is 256 g/mol. The number of hydrogen-bond acceptors (Lipinski definition) is 5. The molecule has 0 aliphatic carbocycles. The van der Waals surface area contributed by atoms with Gasteiger partial charge in [0.15, 0.2) is 0 Å². The maximum atomic E-state index is 11.8. The lowest BCUT2D eigenvalue weighted by Crippen LogP contribution is -2.35. The fourth-order valence-electron chi connectivity index (χ4n) is 2.34. The van der Waals surface area contributed by atoms with Crippen LogP contribution in [0.25, 0.3) is 0 Å². The van der Waals surface area contributed by atoms with Crippen molar-refractivity contribution in [3.8, 4) is 0 Å². The van der Waals surface area contributed by atoms with Gasteiger partial charge in [0.05, 0.1) is 12.2 Å². The molecule has 1 saturated heterocycles. The minimum atomic E-state index is -0.166. The molecule has 1 atom stereocenters. The average molecular weight is 278 g/mol. The van der Waals surface area contributed by atoms with E-state index in [-0.39, 0.29) is 5.91 Å². The third-order valence-electron chi connectivity index (χ3n) is 3.43. The molecular formula is C14H22N4O2. The van der Waals surface area contributed by atoms with Crippen LogP contribution in [0.5, 0.6) is 0 Å². The van der Waals surface area contributed by atoms with Crippen molar-refractivity contribution < 1.29 is 9.53 Å². The second kappa shape index (κ2) is 7.19. The maximum absolute atomic E-state index is 11.8. The summed E-state index contributed by atoms with van der Waals surface area (Å²) in [5.41, 5.74) is 0.481. The molecule has 0 radical (unpaired) electrons. The molecule has 0 saturated carbocycles. The van der Waals surface area contributed by atoms with E-state index >= 15 is 0 Å². The fraction of sp³-hybridized carbons (Fsp3) is 0.643. The number of anilines is 1. The molecule has 6 heteroatoms. The van der Waals surface area contributed by atoms with Gasteiger partial charge in [-0.1, -0.05) is 6.92 Å². The summed E-state index contributed by atoms with van der Waals surface area (Å²) in [7, 11) is 1.60. The van der Waals surface area contributed by atoms with Crippen molar-refractivity contribution in [1.82, 2.24) is 15.3 Å². The zero-order valence-electron chi connectivity index (χ0n) is 12.1. The van der Waals surface area contributed by atoms with Crippen molar-refractivity contribution in [3.05, 3.63) is 18.0 Å². The molecule has 1 aliphatic rings. The first-order valence-electron chi connectivity index (χ1n) is 7.05. The smallest absolute Gasteiger partial charge is 0.254 e. The molecule has 2 rings (SSSR count). The average Bonchev–Trinajstić information content (AvgIpc) is 2.47. The topological polar surface area (TPSA) is 67.3 Å². The van der Waals surface area contributed by atoms with Crippen molar-refractivity contribution in [1.29, 1.82) is 0 Å². The first-order valence-corrected chi connectivity index (χ1v) is 7.05. The summed E-state index contributed by atoms with van der Waals surface area (Å²) in [5.74, 6) is 1.22. The summed E-state index contributed by atoms with van der Waals surface area (Å²) in [5, 5.41) is 2.75. The Morgan fingerprint density at radius 2 is 2.25 bits per heavy atom. The van der Waals surface area contributed by atoms with E-state index in [2.05, 4.69) is 27.1 Å². The van der Waals surface area contributed by atoms with Crippen molar-refractivity contribution >= 4 is 11.9 Å². The van der Waals surface area contributed by atoms with Gasteiger partial charge in [-0.15, -0.1) is 0 Å². The number of rotatable bonds is 5. The molecule has 1 aromatic rings. The highest BCUT2D eigenvalue weighted by molar-refractivity contribution is 5.93. The molecule has 1 aliphatic heterocycles. The lowest BCUT2D eigenvalue weighted by molar-refractivity contribution is 0.0936. The van der Waals surface area contributed by atoms with Gasteiger partial charge in [0, 0.05) is 39.1 Å². The van der Waals surface area contributed by atoms with Gasteiger partial charge in [-0.25, -0.2) is 9.97 Å². The molecule has 0 spiro atoms. The molecule has 1 unspecified atom stereocenters. The number of carbonyl (C=O) groups excluding carboxylic acids is 1. The number of piperidine rings is 1. The van der Waals surface area contributed by atoms with E-state index in [1.54, 1.807) is 19.5 Å². The van der Waals surface area contributed by atoms with E-state index in [0.29, 0.717) is 30.6 Å². The second-order valence-corrected chi connectivity index (χ2v) is 5.21. The second-order valence-electron chi connectivity index (χ2n) is 5.21. The number of aromatic nitrogens is 2. The van der Waals surface area contributed by atoms with Gasteiger partial charge < -0.3 is 15.0 Å². The van der Waals surface area contributed by atoms with Crippen LogP contribution in [-0.4, -0.2) is 49.2 Å². The van der Waals surface area contributed by atoms with Gasteiger partial charge in [-0.2, -0.15) is 0 Å². The molecule has 2 heterocycles. The van der Waals surface area contributed by atoms with Crippen LogP contribution < -0.4 is 10.2 Å². The van der Waals surface area contributed by atoms with Crippen molar-refractivity contribution in [2.75, 3.05) is 38.3 Å². The number of ether oxygens (including phenoxy) is 1. The number of amides is 1. The van der Waals surface area contributed by atoms with Crippen LogP contribution in [-0.2, 0) is 4.74 Å². The Kier molecular flexibility index (Phi) is 5.29. The summed E-state index contributed by atoms with van der Waals surface area (Å²) >= 11 is 0. The van der Waals surface area contributed by atoms with E-state index < -0.39 is 0 Å². The molecule has 6 nitrogen and oxygen atoms in total. The van der Waals surface area contributed by atoms with Crippen LogP contribution in [0.1, 0.15) is 30.1 Å². The summed E-state index contributed by atoms with van der Waals surface area (Å²) in [6.07, 6.45) is 5.60. The van der Waals surface area contributed by atoms with E-state index in [1.165, 1.54) is 12.8 Å². The molecule has 0 aromatic carbocycles. The molecule has 20 heavy (non-hydrogen) atoms. The Labute approximate surface area is 119 Å². The lowest BCUT2D eigenvalue weighted by atomic mass is 10.0. The number of methoxy groups -OCH3 is 1. The normalized spacial score (nSPS) is 18.9. The van der Waals surface area contributed by atoms with E-state index in [4.69, 9.17) is 4.74 Å². The Bertz CT molecular complexity index is 435. The molecule has 1 aromatic heterocycles. The van der Waals surface area contributed by atoms with Gasteiger partial charge in [0.1, 0.15) is 0 Å². The van der Waals surface area contributed by atoms with Crippen LogP contribution in [0.4, 0.5) is 5.95 Å². The first-order chi connectivity index (χ1) is 9.70. The SMILES string of the molecule is COCCNC(=O)c1cnc(N2CCCC(C)C2)nc1. The third kappa shape index (κ3) is 3.90. The van der Waals surface area contributed by atoms with Gasteiger partial charge in [-0.3, -0.25) is 4.79 Å². The van der Waals surface area contributed by atoms with Crippen molar-refractivity contribution in [2.24, 2.45) is 5.92 Å². The third-order valence-corrected chi connectivity index (χ3v) is 3.43. The highest BCUT2D eigenvalue weighted by Crippen LogP contribution is 2.19. The zero-order chi connectivity index (χ0) is 14.4. The Morgan fingerprint density at radius 3 is 2.90 bits per heavy atom. The highest BCUT2D eigenvalue weighted by Gasteiger charge is 2.18. The first kappa shape index (κ1) is 14.7. The van der Waals surface area contributed by atoms with Crippen LogP contribution in [0.3, 0.4) is 0 Å². The quantitative estimate of drug-likeness (QED) is 0.817. The minimum absolute atomic E-state index is 0.166. The maximum Gasteiger partial charge on any atom is 0.254 e. The minimum Gasteiger partial charge on any atom is -0.383 e. The van der Waals surface area contributed by atoms with Crippen molar-refractivity contribution in [2.45, 2.75) is 19.8 Å². The van der Waals surface area contributed by atoms with Gasteiger partial charge in [0.2, 0.25) is 5.95 Å². The number of carbonyl (C=O) groups is 1. The summed E-state index contributed by atoms with van der Waals surface area (Å²) in [4.78, 5) is 22.6. The molecule has 1 N–H and O–H groups in total. The standard InChI is InChI=1S/C14H22N4O2/c1-11-4-3-6-18(10-11)14-16-8-12(9-17-14)13(19)15-5-7-20-2/h8-9,11H,3-7,10H2,1-2H3,(H,15,19). The molecule has 1 fully saturated rings. The van der Waals surface area contributed by atoms with Crippen LogP contribution in [0.2, 0.25) is 0 Å². The number of nitrogens with one attached hydrogen (secondary N) is 1.